The fraction of sp³-hybridized carbons (Fsp3) is 0.400. The highest BCUT2D eigenvalue weighted by Crippen LogP contribution is 2.60. The third-order valence-electron chi connectivity index (χ3n) is 8.17. The normalized spacial score (nSPS) is 36.7. The Hall–Kier alpha value is -3.19. The number of carbonyl (C=O) groups excluding carboxylic acids is 2. The molecule has 0 aliphatic carbocycles. The smallest absolute Gasteiger partial charge is 0.310 e. The molecule has 7 heteroatoms. The first-order chi connectivity index (χ1) is 15.5. The van der Waals surface area contributed by atoms with Gasteiger partial charge in [0.15, 0.2) is 0 Å². The molecule has 2 amide bonds. The highest BCUT2D eigenvalue weighted by atomic mass is 16.5. The zero-order chi connectivity index (χ0) is 21.8. The number of carboxylic acids is 1. The topological polar surface area (TPSA) is 87.2 Å². The predicted octanol–water partition coefficient (Wildman–Crippen LogP) is 2.65. The Labute approximate surface area is 184 Å². The van der Waals surface area contributed by atoms with Crippen LogP contribution in [0, 0.1) is 11.8 Å². The van der Waals surface area contributed by atoms with E-state index in [-0.39, 0.29) is 23.9 Å². The zero-order valence-electron chi connectivity index (χ0n) is 17.3. The monoisotopic (exact) mass is 430 g/mol. The Balaban J connectivity index is 1.48. The van der Waals surface area contributed by atoms with Gasteiger partial charge in [-0.2, -0.15) is 0 Å². The number of nitrogens with zero attached hydrogens (tertiary/aromatic N) is 2. The Morgan fingerprint density at radius 2 is 2.00 bits per heavy atom. The molecule has 5 aliphatic rings. The summed E-state index contributed by atoms with van der Waals surface area (Å²) in [5.41, 5.74) is 0.813. The van der Waals surface area contributed by atoms with Crippen LogP contribution in [0.25, 0.3) is 10.8 Å². The minimum absolute atomic E-state index is 0.136. The molecule has 6 atom stereocenters. The van der Waals surface area contributed by atoms with Crippen LogP contribution in [-0.2, 0) is 19.1 Å². The summed E-state index contributed by atoms with van der Waals surface area (Å²) < 4.78 is 6.30. The number of rotatable bonds is 2. The maximum Gasteiger partial charge on any atom is 0.310 e. The van der Waals surface area contributed by atoms with Gasteiger partial charge in [-0.05, 0) is 23.8 Å². The highest BCUT2D eigenvalue weighted by molar-refractivity contribution is 6.11. The van der Waals surface area contributed by atoms with Gasteiger partial charge in [0.2, 0.25) is 11.8 Å². The van der Waals surface area contributed by atoms with E-state index in [4.69, 9.17) is 4.74 Å². The van der Waals surface area contributed by atoms with Gasteiger partial charge in [-0.25, -0.2) is 0 Å². The van der Waals surface area contributed by atoms with Crippen molar-refractivity contribution in [1.82, 2.24) is 4.90 Å². The average molecular weight is 430 g/mol. The van der Waals surface area contributed by atoms with E-state index >= 15 is 0 Å². The van der Waals surface area contributed by atoms with Crippen molar-refractivity contribution in [3.8, 4) is 0 Å². The van der Waals surface area contributed by atoms with E-state index in [1.165, 1.54) is 0 Å². The summed E-state index contributed by atoms with van der Waals surface area (Å²) in [4.78, 5) is 42.5. The van der Waals surface area contributed by atoms with Crippen LogP contribution < -0.4 is 4.90 Å². The number of anilines is 1. The van der Waals surface area contributed by atoms with E-state index in [1.807, 2.05) is 47.4 Å². The molecule has 3 fully saturated rings. The van der Waals surface area contributed by atoms with Crippen molar-refractivity contribution >= 4 is 34.2 Å². The number of amides is 2. The number of carbonyl (C=O) groups is 3. The van der Waals surface area contributed by atoms with Crippen molar-refractivity contribution in [1.29, 1.82) is 0 Å². The fourth-order valence-electron chi connectivity index (χ4n) is 6.93. The Bertz CT molecular complexity index is 1250. The number of hydrogen-bond donors (Lipinski definition) is 1. The van der Waals surface area contributed by atoms with Crippen molar-refractivity contribution in [2.24, 2.45) is 11.8 Å². The number of ether oxygens (including phenoxy) is 1. The minimum Gasteiger partial charge on any atom is -0.481 e. The standard InChI is InChI=1S/C25H22N2O5/c28-19-6-3-11-26(19)16-12-18-25-10-9-17(32-25)20(24(30)31)21(25)23(29)27(18)22-14-5-2-1-4-13(14)7-8-15(16)22/h1-2,4-5,7-10,16-18,20-21H,3,6,11-12H2,(H,30,31)/t16-,17+,18-,20+,21-,25+/m0/s1. The largest absolute Gasteiger partial charge is 0.481 e. The average Bonchev–Trinajstić information content (AvgIpc) is 3.54. The lowest BCUT2D eigenvalue weighted by Gasteiger charge is -2.44. The molecule has 7 nitrogen and oxygen atoms in total. The van der Waals surface area contributed by atoms with Gasteiger partial charge in [0.1, 0.15) is 11.5 Å². The Kier molecular flexibility index (Phi) is 3.44. The molecule has 5 aliphatic heterocycles. The third kappa shape index (κ3) is 2.03. The summed E-state index contributed by atoms with van der Waals surface area (Å²) in [5, 5.41) is 11.9. The van der Waals surface area contributed by atoms with E-state index in [2.05, 4.69) is 0 Å². The van der Waals surface area contributed by atoms with E-state index < -0.39 is 29.5 Å². The maximum atomic E-state index is 13.9. The first kappa shape index (κ1) is 18.4. The number of fused-ring (bicyclic) bond motifs is 6. The second kappa shape index (κ2) is 5.98. The number of hydrogen-bond acceptors (Lipinski definition) is 4. The number of likely N-dealkylation sites (tertiary alicyclic amines) is 1. The van der Waals surface area contributed by atoms with Gasteiger partial charge in [-0.15, -0.1) is 0 Å². The number of carboxylic acid groups (broad SMARTS) is 1. The van der Waals surface area contributed by atoms with Gasteiger partial charge in [-0.1, -0.05) is 48.6 Å². The van der Waals surface area contributed by atoms with Gasteiger partial charge in [0, 0.05) is 18.4 Å². The molecule has 1 N–H and O–H groups in total. The van der Waals surface area contributed by atoms with E-state index in [1.54, 1.807) is 11.0 Å². The first-order valence-corrected chi connectivity index (χ1v) is 11.3. The van der Waals surface area contributed by atoms with Crippen molar-refractivity contribution in [2.45, 2.75) is 43.1 Å². The van der Waals surface area contributed by atoms with Crippen LogP contribution in [0.3, 0.4) is 0 Å². The van der Waals surface area contributed by atoms with Crippen LogP contribution >= 0.6 is 0 Å². The van der Waals surface area contributed by atoms with Gasteiger partial charge < -0.3 is 19.6 Å². The molecular formula is C25H22N2O5. The Morgan fingerprint density at radius 3 is 2.78 bits per heavy atom. The molecule has 0 radical (unpaired) electrons. The molecule has 5 heterocycles. The lowest BCUT2D eigenvalue weighted by atomic mass is 9.73. The van der Waals surface area contributed by atoms with E-state index in [0.29, 0.717) is 19.4 Å². The summed E-state index contributed by atoms with van der Waals surface area (Å²) in [6.45, 7) is 0.698. The molecule has 0 aromatic heterocycles. The molecule has 162 valence electrons. The van der Waals surface area contributed by atoms with Crippen molar-refractivity contribution in [2.75, 3.05) is 11.4 Å². The zero-order valence-corrected chi connectivity index (χ0v) is 17.3. The SMILES string of the molecule is O=C(O)[C@H]1[C@H]2C(=O)N3c4c(ccc5ccccc45)[C@@H](N4CCCC4=O)C[C@H]3[C@]23C=C[C@H]1O3. The molecule has 2 aromatic carbocycles. The lowest BCUT2D eigenvalue weighted by molar-refractivity contribution is -0.146. The highest BCUT2D eigenvalue weighted by Gasteiger charge is 2.72. The van der Waals surface area contributed by atoms with Gasteiger partial charge in [0.05, 0.1) is 29.8 Å². The minimum atomic E-state index is -0.996. The summed E-state index contributed by atoms with van der Waals surface area (Å²) in [7, 11) is 0. The molecular weight excluding hydrogens is 408 g/mol. The lowest BCUT2D eigenvalue weighted by Crippen LogP contribution is -2.51. The molecule has 0 saturated carbocycles. The van der Waals surface area contributed by atoms with Crippen molar-refractivity contribution in [3.05, 3.63) is 54.1 Å². The number of aliphatic carboxylic acids is 1. The second-order valence-electron chi connectivity index (χ2n) is 9.53. The molecule has 32 heavy (non-hydrogen) atoms. The molecule has 3 saturated heterocycles. The van der Waals surface area contributed by atoms with Crippen LogP contribution in [0.5, 0.6) is 0 Å². The number of benzene rings is 2. The molecule has 2 bridgehead atoms. The summed E-state index contributed by atoms with van der Waals surface area (Å²) in [6, 6.07) is 11.5. The van der Waals surface area contributed by atoms with Crippen LogP contribution in [0.1, 0.15) is 30.9 Å². The van der Waals surface area contributed by atoms with E-state index in [0.717, 1.165) is 28.4 Å². The van der Waals surface area contributed by atoms with Crippen LogP contribution in [0.4, 0.5) is 5.69 Å². The molecule has 0 unspecified atom stereocenters. The second-order valence-corrected chi connectivity index (χ2v) is 9.53. The quantitative estimate of drug-likeness (QED) is 0.741. The summed E-state index contributed by atoms with van der Waals surface area (Å²) >= 11 is 0. The summed E-state index contributed by atoms with van der Waals surface area (Å²) in [6.07, 6.45) is 5.07. The van der Waals surface area contributed by atoms with Crippen molar-refractivity contribution < 1.29 is 24.2 Å². The van der Waals surface area contributed by atoms with Crippen LogP contribution in [-0.4, -0.2) is 52.1 Å². The van der Waals surface area contributed by atoms with Crippen LogP contribution in [0.15, 0.2) is 48.6 Å². The molecule has 1 spiro atoms. The molecule has 2 aromatic rings. The summed E-state index contributed by atoms with van der Waals surface area (Å²) in [5.74, 6) is -2.68. The van der Waals surface area contributed by atoms with E-state index in [9.17, 15) is 19.5 Å². The maximum absolute atomic E-state index is 13.9. The predicted molar refractivity (Wildman–Crippen MR) is 115 cm³/mol. The first-order valence-electron chi connectivity index (χ1n) is 11.3. The Morgan fingerprint density at radius 1 is 1.16 bits per heavy atom. The van der Waals surface area contributed by atoms with Crippen molar-refractivity contribution in [3.63, 3.8) is 0 Å². The van der Waals surface area contributed by atoms with Crippen LogP contribution in [0.2, 0.25) is 0 Å². The van der Waals surface area contributed by atoms with Gasteiger partial charge in [0.25, 0.3) is 0 Å². The third-order valence-corrected chi connectivity index (χ3v) is 8.17. The fourth-order valence-corrected chi connectivity index (χ4v) is 6.93. The molecule has 7 rings (SSSR count). The van der Waals surface area contributed by atoms with Gasteiger partial charge >= 0.3 is 5.97 Å². The van der Waals surface area contributed by atoms with Gasteiger partial charge in [-0.3, -0.25) is 14.4 Å².